The summed E-state index contributed by atoms with van der Waals surface area (Å²) in [4.78, 5) is 47.2. The fourth-order valence-corrected chi connectivity index (χ4v) is 3.42. The molecule has 0 aromatic carbocycles. The smallest absolute Gasteiger partial charge is 0.258 e. The number of carbonyl (C=O) groups is 2. The third-order valence-corrected chi connectivity index (χ3v) is 5.08. The monoisotopic (exact) mass is 347 g/mol. The van der Waals surface area contributed by atoms with Gasteiger partial charge < -0.3 is 14.7 Å². The number of likely N-dealkylation sites (tertiary alicyclic amines) is 1. The van der Waals surface area contributed by atoms with Gasteiger partial charge in [-0.3, -0.25) is 19.0 Å². The summed E-state index contributed by atoms with van der Waals surface area (Å²) in [5.41, 5.74) is 1.19. The van der Waals surface area contributed by atoms with E-state index in [4.69, 9.17) is 0 Å². The molecule has 0 N–H and O–H groups in total. The summed E-state index contributed by atoms with van der Waals surface area (Å²) in [6, 6.07) is 0. The molecule has 1 fully saturated rings. The molecule has 2 aliphatic rings. The summed E-state index contributed by atoms with van der Waals surface area (Å²) in [6.07, 6.45) is 0.254. The molecule has 0 radical (unpaired) electrons. The largest absolute Gasteiger partial charge is 0.341 e. The minimum atomic E-state index is -0.325. The van der Waals surface area contributed by atoms with Gasteiger partial charge in [0.25, 0.3) is 5.56 Å². The van der Waals surface area contributed by atoms with E-state index < -0.39 is 0 Å². The van der Waals surface area contributed by atoms with Crippen LogP contribution in [0.25, 0.3) is 0 Å². The summed E-state index contributed by atoms with van der Waals surface area (Å²) in [5.74, 6) is 0.290. The highest BCUT2D eigenvalue weighted by Gasteiger charge is 2.38. The van der Waals surface area contributed by atoms with Crippen molar-refractivity contribution in [3.63, 3.8) is 0 Å². The first-order valence-corrected chi connectivity index (χ1v) is 8.54. The van der Waals surface area contributed by atoms with E-state index in [0.717, 1.165) is 6.54 Å². The molecule has 136 valence electrons. The molecule has 1 aromatic rings. The molecule has 8 nitrogen and oxygen atoms in total. The van der Waals surface area contributed by atoms with Gasteiger partial charge in [0.05, 0.1) is 30.3 Å². The van der Waals surface area contributed by atoms with Crippen LogP contribution in [0.15, 0.2) is 4.79 Å². The molecule has 3 heterocycles. The highest BCUT2D eigenvalue weighted by molar-refractivity contribution is 5.89. The van der Waals surface area contributed by atoms with Gasteiger partial charge in [0.1, 0.15) is 5.82 Å². The lowest BCUT2D eigenvalue weighted by atomic mass is 10.1. The Hall–Kier alpha value is -2.22. The van der Waals surface area contributed by atoms with Crippen molar-refractivity contribution in [1.29, 1.82) is 0 Å². The number of aromatic nitrogens is 2. The number of likely N-dealkylation sites (N-methyl/N-ethyl adjacent to an activating group) is 1. The Kier molecular flexibility index (Phi) is 4.64. The van der Waals surface area contributed by atoms with Crippen LogP contribution in [-0.2, 0) is 29.7 Å². The molecule has 1 aromatic heterocycles. The summed E-state index contributed by atoms with van der Waals surface area (Å²) in [7, 11) is 5.61. The zero-order valence-corrected chi connectivity index (χ0v) is 15.3. The molecule has 2 aliphatic heterocycles. The van der Waals surface area contributed by atoms with E-state index >= 15 is 0 Å². The standard InChI is InChI=1S/C17H25N5O3/c1-11-18-14-10-22(9-13(14)17(25)20(11)4)16(24)12-7-15(23)21(8-12)6-5-19(2)3/h12H,5-10H2,1-4H3/t12-/m1/s1. The molecule has 0 saturated carbocycles. The third-order valence-electron chi connectivity index (χ3n) is 5.08. The van der Waals surface area contributed by atoms with Crippen molar-refractivity contribution in [1.82, 2.24) is 24.3 Å². The average Bonchev–Trinajstić information content (AvgIpc) is 3.14. The number of hydrogen-bond donors (Lipinski definition) is 0. The summed E-state index contributed by atoms with van der Waals surface area (Å²) in [6.45, 7) is 4.30. The van der Waals surface area contributed by atoms with E-state index in [2.05, 4.69) is 4.98 Å². The van der Waals surface area contributed by atoms with Crippen LogP contribution in [0.1, 0.15) is 23.5 Å². The Morgan fingerprint density at radius 2 is 2.00 bits per heavy atom. The maximum absolute atomic E-state index is 12.8. The Balaban J connectivity index is 1.68. The van der Waals surface area contributed by atoms with Crippen molar-refractivity contribution in [3.05, 3.63) is 27.4 Å². The van der Waals surface area contributed by atoms with Crippen molar-refractivity contribution in [2.75, 3.05) is 33.7 Å². The van der Waals surface area contributed by atoms with Crippen LogP contribution in [0.2, 0.25) is 0 Å². The van der Waals surface area contributed by atoms with Crippen LogP contribution in [0, 0.1) is 12.8 Å². The van der Waals surface area contributed by atoms with E-state index in [1.807, 2.05) is 19.0 Å². The van der Waals surface area contributed by atoms with Gasteiger partial charge in [-0.2, -0.15) is 0 Å². The van der Waals surface area contributed by atoms with Crippen LogP contribution >= 0.6 is 0 Å². The first kappa shape index (κ1) is 17.6. The average molecular weight is 347 g/mol. The molecule has 2 amide bonds. The normalized spacial score (nSPS) is 19.9. The van der Waals surface area contributed by atoms with Crippen molar-refractivity contribution >= 4 is 11.8 Å². The predicted molar refractivity (Wildman–Crippen MR) is 91.7 cm³/mol. The fourth-order valence-electron chi connectivity index (χ4n) is 3.42. The molecule has 0 bridgehead atoms. The summed E-state index contributed by atoms with van der Waals surface area (Å²) >= 11 is 0. The number of amides is 2. The lowest BCUT2D eigenvalue weighted by molar-refractivity contribution is -0.136. The molecular weight excluding hydrogens is 322 g/mol. The highest BCUT2D eigenvalue weighted by atomic mass is 16.2. The number of nitrogens with zero attached hydrogens (tertiary/aromatic N) is 5. The minimum Gasteiger partial charge on any atom is -0.341 e. The molecule has 0 spiro atoms. The van der Waals surface area contributed by atoms with Crippen LogP contribution < -0.4 is 5.56 Å². The molecule has 3 rings (SSSR count). The van der Waals surface area contributed by atoms with Crippen LogP contribution in [-0.4, -0.2) is 69.8 Å². The lowest BCUT2D eigenvalue weighted by Crippen LogP contribution is -2.36. The number of carbonyl (C=O) groups excluding carboxylic acids is 2. The molecule has 0 aliphatic carbocycles. The maximum Gasteiger partial charge on any atom is 0.258 e. The first-order chi connectivity index (χ1) is 11.8. The zero-order chi connectivity index (χ0) is 18.3. The number of aryl methyl sites for hydroxylation is 1. The van der Waals surface area contributed by atoms with Gasteiger partial charge in [0.2, 0.25) is 11.8 Å². The molecule has 0 unspecified atom stereocenters. The van der Waals surface area contributed by atoms with Crippen molar-refractivity contribution in [2.45, 2.75) is 26.4 Å². The van der Waals surface area contributed by atoms with Crippen molar-refractivity contribution in [2.24, 2.45) is 13.0 Å². The third kappa shape index (κ3) is 3.30. The van der Waals surface area contributed by atoms with E-state index in [1.54, 1.807) is 23.8 Å². The summed E-state index contributed by atoms with van der Waals surface area (Å²) < 4.78 is 1.51. The summed E-state index contributed by atoms with van der Waals surface area (Å²) in [5, 5.41) is 0. The Morgan fingerprint density at radius 1 is 1.28 bits per heavy atom. The first-order valence-electron chi connectivity index (χ1n) is 8.54. The molecule has 1 atom stereocenters. The highest BCUT2D eigenvalue weighted by Crippen LogP contribution is 2.25. The maximum atomic E-state index is 12.8. The quantitative estimate of drug-likeness (QED) is 0.723. The number of rotatable bonds is 4. The van der Waals surface area contributed by atoms with Gasteiger partial charge >= 0.3 is 0 Å². The van der Waals surface area contributed by atoms with Crippen LogP contribution in [0.4, 0.5) is 0 Å². The molecule has 1 saturated heterocycles. The Labute approximate surface area is 147 Å². The van der Waals surface area contributed by atoms with Gasteiger partial charge in [-0.1, -0.05) is 0 Å². The van der Waals surface area contributed by atoms with E-state index in [-0.39, 0.29) is 36.3 Å². The van der Waals surface area contributed by atoms with Crippen LogP contribution in [0.5, 0.6) is 0 Å². The van der Waals surface area contributed by atoms with E-state index in [1.165, 1.54) is 4.57 Å². The Bertz CT molecular complexity index is 770. The molecule has 25 heavy (non-hydrogen) atoms. The minimum absolute atomic E-state index is 0.0294. The van der Waals surface area contributed by atoms with Gasteiger partial charge in [-0.15, -0.1) is 0 Å². The van der Waals surface area contributed by atoms with Gasteiger partial charge in [-0.05, 0) is 21.0 Å². The predicted octanol–water partition coefficient (Wildman–Crippen LogP) is -0.659. The lowest BCUT2D eigenvalue weighted by Gasteiger charge is -2.21. The number of fused-ring (bicyclic) bond motifs is 1. The Morgan fingerprint density at radius 3 is 2.68 bits per heavy atom. The zero-order valence-electron chi connectivity index (χ0n) is 15.3. The van der Waals surface area contributed by atoms with Crippen molar-refractivity contribution in [3.8, 4) is 0 Å². The molecular formula is C17H25N5O3. The second kappa shape index (κ2) is 6.59. The van der Waals surface area contributed by atoms with Gasteiger partial charge in [0.15, 0.2) is 0 Å². The second-order valence-corrected chi connectivity index (χ2v) is 7.19. The molecule has 8 heteroatoms. The van der Waals surface area contributed by atoms with Crippen LogP contribution in [0.3, 0.4) is 0 Å². The van der Waals surface area contributed by atoms with Gasteiger partial charge in [0, 0.05) is 33.1 Å². The second-order valence-electron chi connectivity index (χ2n) is 7.19. The topological polar surface area (TPSA) is 78.8 Å². The SMILES string of the molecule is Cc1nc2c(c(=O)n1C)CN(C(=O)[C@@H]1CC(=O)N(CCN(C)C)C1)C2. The van der Waals surface area contributed by atoms with Gasteiger partial charge in [-0.25, -0.2) is 4.98 Å². The fraction of sp³-hybridized carbons (Fsp3) is 0.647. The van der Waals surface area contributed by atoms with Crippen molar-refractivity contribution < 1.29 is 9.59 Å². The van der Waals surface area contributed by atoms with E-state index in [9.17, 15) is 14.4 Å². The number of hydrogen-bond acceptors (Lipinski definition) is 5. The van der Waals surface area contributed by atoms with E-state index in [0.29, 0.717) is 36.7 Å².